The lowest BCUT2D eigenvalue weighted by Crippen LogP contribution is -2.23. The molecule has 0 aliphatic heterocycles. The van der Waals surface area contributed by atoms with Crippen LogP contribution in [-0.4, -0.2) is 22.0 Å². The monoisotopic (exact) mass is 308 g/mol. The summed E-state index contributed by atoms with van der Waals surface area (Å²) >= 11 is 0. The predicted octanol–water partition coefficient (Wildman–Crippen LogP) is 3.10. The molecule has 0 radical (unpaired) electrons. The quantitative estimate of drug-likeness (QED) is 0.692. The van der Waals surface area contributed by atoms with Crippen LogP contribution >= 0.6 is 0 Å². The minimum atomic E-state index is -1.04. The molecule has 23 heavy (non-hydrogen) atoms. The number of carboxylic acid groups (broad SMARTS) is 1. The largest absolute Gasteiger partial charge is 0.477 e. The number of fused-ring (bicyclic) bond motifs is 1. The van der Waals surface area contributed by atoms with Crippen LogP contribution < -0.4 is 5.32 Å². The Balaban J connectivity index is 1.86. The van der Waals surface area contributed by atoms with E-state index in [0.29, 0.717) is 11.1 Å². The number of aryl methyl sites for hydroxylation is 1. The molecule has 5 nitrogen and oxygen atoms in total. The maximum atomic E-state index is 12.2. The van der Waals surface area contributed by atoms with Gasteiger partial charge in [-0.1, -0.05) is 35.9 Å². The molecule has 0 bridgehead atoms. The number of hydrogen-bond donors (Lipinski definition) is 3. The van der Waals surface area contributed by atoms with E-state index in [9.17, 15) is 14.7 Å². The first-order valence-electron chi connectivity index (χ1n) is 7.24. The molecule has 0 fully saturated rings. The summed E-state index contributed by atoms with van der Waals surface area (Å²) in [6.45, 7) is 2.10. The van der Waals surface area contributed by atoms with Crippen LogP contribution in [0.3, 0.4) is 0 Å². The third-order valence-electron chi connectivity index (χ3n) is 3.77. The Morgan fingerprint density at radius 3 is 2.48 bits per heavy atom. The van der Waals surface area contributed by atoms with Gasteiger partial charge < -0.3 is 15.4 Å². The van der Waals surface area contributed by atoms with Crippen LogP contribution in [0.2, 0.25) is 0 Å². The van der Waals surface area contributed by atoms with E-state index in [-0.39, 0.29) is 18.1 Å². The molecule has 0 atom stereocenters. The van der Waals surface area contributed by atoms with Gasteiger partial charge in [0.15, 0.2) is 0 Å². The van der Waals surface area contributed by atoms with E-state index in [1.807, 2.05) is 43.3 Å². The Labute approximate surface area is 133 Å². The third-order valence-corrected chi connectivity index (χ3v) is 3.77. The van der Waals surface area contributed by atoms with E-state index >= 15 is 0 Å². The van der Waals surface area contributed by atoms with Crippen molar-refractivity contribution in [2.24, 2.45) is 0 Å². The molecule has 5 heteroatoms. The fraction of sp³-hybridized carbons (Fsp3) is 0.111. The van der Waals surface area contributed by atoms with Crippen molar-refractivity contribution in [3.63, 3.8) is 0 Å². The van der Waals surface area contributed by atoms with E-state index in [4.69, 9.17) is 0 Å². The molecule has 0 unspecified atom stereocenters. The zero-order valence-electron chi connectivity index (χ0n) is 12.6. The second-order valence-corrected chi connectivity index (χ2v) is 5.38. The molecular formula is C18H16N2O3. The first-order valence-corrected chi connectivity index (χ1v) is 7.24. The number of aromatic nitrogens is 1. The first-order chi connectivity index (χ1) is 11.1. The Hall–Kier alpha value is -3.08. The number of aromatic amines is 1. The molecule has 1 heterocycles. The van der Waals surface area contributed by atoms with Crippen LogP contribution in [0.5, 0.6) is 0 Å². The Morgan fingerprint density at radius 2 is 1.78 bits per heavy atom. The SMILES string of the molecule is Cc1ccc(C(=O)NCc2c(C(=O)O)[nH]c3ccccc23)cc1. The molecule has 2 aromatic carbocycles. The minimum Gasteiger partial charge on any atom is -0.477 e. The van der Waals surface area contributed by atoms with Gasteiger partial charge >= 0.3 is 5.97 Å². The number of carboxylic acids is 1. The second-order valence-electron chi connectivity index (χ2n) is 5.38. The van der Waals surface area contributed by atoms with Gasteiger partial charge in [0.05, 0.1) is 0 Å². The van der Waals surface area contributed by atoms with E-state index < -0.39 is 5.97 Å². The van der Waals surface area contributed by atoms with Crippen LogP contribution in [0.25, 0.3) is 10.9 Å². The summed E-state index contributed by atoms with van der Waals surface area (Å²) in [5, 5.41) is 12.9. The molecule has 0 saturated heterocycles. The molecule has 1 amide bonds. The molecule has 0 aliphatic carbocycles. The number of nitrogens with one attached hydrogen (secondary N) is 2. The number of carbonyl (C=O) groups excluding carboxylic acids is 1. The summed E-state index contributed by atoms with van der Waals surface area (Å²) in [7, 11) is 0. The lowest BCUT2D eigenvalue weighted by Gasteiger charge is -2.06. The topological polar surface area (TPSA) is 82.2 Å². The van der Waals surface area contributed by atoms with E-state index in [0.717, 1.165) is 16.5 Å². The van der Waals surface area contributed by atoms with Crippen molar-refractivity contribution in [3.05, 3.63) is 70.9 Å². The average Bonchev–Trinajstić information content (AvgIpc) is 2.92. The van der Waals surface area contributed by atoms with E-state index in [2.05, 4.69) is 10.3 Å². The molecule has 116 valence electrons. The number of carbonyl (C=O) groups is 2. The first kappa shape index (κ1) is 14.8. The number of aromatic carboxylic acids is 1. The normalized spacial score (nSPS) is 10.7. The molecule has 0 spiro atoms. The fourth-order valence-corrected chi connectivity index (χ4v) is 2.54. The predicted molar refractivity (Wildman–Crippen MR) is 87.6 cm³/mol. The summed E-state index contributed by atoms with van der Waals surface area (Å²) in [5.74, 6) is -1.27. The van der Waals surface area contributed by atoms with Crippen molar-refractivity contribution < 1.29 is 14.7 Å². The van der Waals surface area contributed by atoms with Gasteiger partial charge in [-0.3, -0.25) is 4.79 Å². The smallest absolute Gasteiger partial charge is 0.352 e. The lowest BCUT2D eigenvalue weighted by molar-refractivity contribution is 0.0689. The standard InChI is InChI=1S/C18H16N2O3/c1-11-6-8-12(9-7-11)17(21)19-10-14-13-4-2-3-5-15(13)20-16(14)18(22)23/h2-9,20H,10H2,1H3,(H,19,21)(H,22,23). The van der Waals surface area contributed by atoms with Crippen molar-refractivity contribution in [1.29, 1.82) is 0 Å². The van der Waals surface area contributed by atoms with Gasteiger partial charge in [-0.2, -0.15) is 0 Å². The molecule has 3 N–H and O–H groups in total. The number of H-pyrrole nitrogens is 1. The number of benzene rings is 2. The molecule has 3 aromatic rings. The van der Waals surface area contributed by atoms with Crippen molar-refractivity contribution >= 4 is 22.8 Å². The highest BCUT2D eigenvalue weighted by Crippen LogP contribution is 2.22. The van der Waals surface area contributed by atoms with Crippen molar-refractivity contribution in [2.75, 3.05) is 0 Å². The Morgan fingerprint density at radius 1 is 1.09 bits per heavy atom. The maximum absolute atomic E-state index is 12.2. The average molecular weight is 308 g/mol. The highest BCUT2D eigenvalue weighted by atomic mass is 16.4. The summed E-state index contributed by atoms with van der Waals surface area (Å²) in [6.07, 6.45) is 0. The van der Waals surface area contributed by atoms with Gasteiger partial charge in [-0.05, 0) is 25.1 Å². The second kappa shape index (κ2) is 5.96. The molecule has 0 aliphatic rings. The van der Waals surface area contributed by atoms with Crippen molar-refractivity contribution in [2.45, 2.75) is 13.5 Å². The summed E-state index contributed by atoms with van der Waals surface area (Å²) in [4.78, 5) is 26.5. The Bertz CT molecular complexity index is 879. The van der Waals surface area contributed by atoms with Gasteiger partial charge in [0, 0.05) is 28.6 Å². The van der Waals surface area contributed by atoms with Gasteiger partial charge in [-0.15, -0.1) is 0 Å². The number of amides is 1. The van der Waals surface area contributed by atoms with Crippen LogP contribution in [0.15, 0.2) is 48.5 Å². The maximum Gasteiger partial charge on any atom is 0.352 e. The molecule has 1 aromatic heterocycles. The van der Waals surface area contributed by atoms with Crippen LogP contribution in [0.1, 0.15) is 32.0 Å². The summed E-state index contributed by atoms with van der Waals surface area (Å²) < 4.78 is 0. The van der Waals surface area contributed by atoms with Crippen LogP contribution in [0.4, 0.5) is 0 Å². The zero-order chi connectivity index (χ0) is 16.4. The third kappa shape index (κ3) is 2.94. The molecule has 3 rings (SSSR count). The zero-order valence-corrected chi connectivity index (χ0v) is 12.6. The number of hydrogen-bond acceptors (Lipinski definition) is 2. The number of rotatable bonds is 4. The molecular weight excluding hydrogens is 292 g/mol. The fourth-order valence-electron chi connectivity index (χ4n) is 2.54. The lowest BCUT2D eigenvalue weighted by atomic mass is 10.1. The highest BCUT2D eigenvalue weighted by Gasteiger charge is 2.17. The van der Waals surface area contributed by atoms with Gasteiger partial charge in [0.1, 0.15) is 5.69 Å². The minimum absolute atomic E-state index is 0.107. The summed E-state index contributed by atoms with van der Waals surface area (Å²) in [6, 6.07) is 14.5. The van der Waals surface area contributed by atoms with Gasteiger partial charge in [0.2, 0.25) is 0 Å². The van der Waals surface area contributed by atoms with Crippen LogP contribution in [0, 0.1) is 6.92 Å². The van der Waals surface area contributed by atoms with Gasteiger partial charge in [-0.25, -0.2) is 4.79 Å². The Kier molecular flexibility index (Phi) is 3.85. The highest BCUT2D eigenvalue weighted by molar-refractivity contribution is 5.98. The van der Waals surface area contributed by atoms with Crippen molar-refractivity contribution in [1.82, 2.24) is 10.3 Å². The molecule has 0 saturated carbocycles. The van der Waals surface area contributed by atoms with E-state index in [1.165, 1.54) is 0 Å². The van der Waals surface area contributed by atoms with E-state index in [1.54, 1.807) is 12.1 Å². The number of para-hydroxylation sites is 1. The summed E-state index contributed by atoms with van der Waals surface area (Å²) in [5.41, 5.74) is 3.05. The van der Waals surface area contributed by atoms with Crippen molar-refractivity contribution in [3.8, 4) is 0 Å². The van der Waals surface area contributed by atoms with Crippen LogP contribution in [-0.2, 0) is 6.54 Å². The van der Waals surface area contributed by atoms with Gasteiger partial charge in [0.25, 0.3) is 5.91 Å².